The zero-order valence-electron chi connectivity index (χ0n) is 10.0. The number of carbonyl (C=O) groups excluding carboxylic acids is 1. The van der Waals surface area contributed by atoms with Crippen LogP contribution in [0.2, 0.25) is 0 Å². The Bertz CT molecular complexity index is 327. The van der Waals surface area contributed by atoms with E-state index in [9.17, 15) is 4.79 Å². The fraction of sp³-hybridized carbons (Fsp3) is 0.462. The van der Waals surface area contributed by atoms with Crippen LogP contribution in [0.4, 0.5) is 0 Å². The quantitative estimate of drug-likeness (QED) is 0.734. The molecule has 94 valence electrons. The average Bonchev–Trinajstić information content (AvgIpc) is 2.36. The minimum atomic E-state index is -0.0127. The van der Waals surface area contributed by atoms with Gasteiger partial charge in [-0.25, -0.2) is 0 Å². The second-order valence-electron chi connectivity index (χ2n) is 3.92. The van der Waals surface area contributed by atoms with Gasteiger partial charge in [0.05, 0.1) is 6.61 Å². The van der Waals surface area contributed by atoms with Gasteiger partial charge in [0.25, 0.3) is 0 Å². The van der Waals surface area contributed by atoms with Crippen LogP contribution in [-0.4, -0.2) is 35.6 Å². The molecule has 0 heterocycles. The standard InChI is InChI=1S/C13H20N2O2/c14-8-4-7-13(17)15(9-10-16)11-12-5-2-1-3-6-12/h1-3,5-6,16H,4,7-11,14H2. The van der Waals surface area contributed by atoms with E-state index >= 15 is 0 Å². The molecular weight excluding hydrogens is 216 g/mol. The minimum Gasteiger partial charge on any atom is -0.395 e. The highest BCUT2D eigenvalue weighted by molar-refractivity contribution is 5.76. The number of carbonyl (C=O) groups is 1. The highest BCUT2D eigenvalue weighted by Gasteiger charge is 2.12. The van der Waals surface area contributed by atoms with Gasteiger partial charge < -0.3 is 15.7 Å². The lowest BCUT2D eigenvalue weighted by Gasteiger charge is -2.21. The van der Waals surface area contributed by atoms with Gasteiger partial charge in [0.1, 0.15) is 0 Å². The van der Waals surface area contributed by atoms with Crippen molar-refractivity contribution < 1.29 is 9.90 Å². The van der Waals surface area contributed by atoms with Gasteiger partial charge in [-0.15, -0.1) is 0 Å². The summed E-state index contributed by atoms with van der Waals surface area (Å²) in [7, 11) is 0. The molecular formula is C13H20N2O2. The maximum atomic E-state index is 11.9. The van der Waals surface area contributed by atoms with Crippen molar-refractivity contribution in [1.29, 1.82) is 0 Å². The third-order valence-corrected chi connectivity index (χ3v) is 2.53. The molecule has 0 aliphatic carbocycles. The molecule has 1 aromatic rings. The number of nitrogens with two attached hydrogens (primary N) is 1. The van der Waals surface area contributed by atoms with Crippen molar-refractivity contribution in [2.24, 2.45) is 5.73 Å². The summed E-state index contributed by atoms with van der Waals surface area (Å²) in [6.45, 7) is 1.42. The molecule has 0 radical (unpaired) electrons. The van der Waals surface area contributed by atoms with Gasteiger partial charge >= 0.3 is 0 Å². The van der Waals surface area contributed by atoms with Crippen LogP contribution >= 0.6 is 0 Å². The molecule has 0 saturated carbocycles. The highest BCUT2D eigenvalue weighted by Crippen LogP contribution is 2.06. The van der Waals surface area contributed by atoms with Crippen LogP contribution < -0.4 is 5.73 Å². The molecule has 0 spiro atoms. The van der Waals surface area contributed by atoms with E-state index in [0.717, 1.165) is 5.56 Å². The van der Waals surface area contributed by atoms with Crippen LogP contribution in [0.1, 0.15) is 18.4 Å². The molecule has 0 fully saturated rings. The Hall–Kier alpha value is -1.39. The summed E-state index contributed by atoms with van der Waals surface area (Å²) in [6, 6.07) is 9.77. The molecule has 4 heteroatoms. The normalized spacial score (nSPS) is 10.2. The van der Waals surface area contributed by atoms with E-state index in [-0.39, 0.29) is 12.5 Å². The molecule has 4 nitrogen and oxygen atoms in total. The van der Waals surface area contributed by atoms with Crippen LogP contribution in [0.5, 0.6) is 0 Å². The van der Waals surface area contributed by atoms with Crippen LogP contribution in [0.15, 0.2) is 30.3 Å². The molecule has 0 bridgehead atoms. The largest absolute Gasteiger partial charge is 0.395 e. The first-order chi connectivity index (χ1) is 8.27. The molecule has 0 aliphatic heterocycles. The first kappa shape index (κ1) is 13.7. The monoisotopic (exact) mass is 236 g/mol. The maximum Gasteiger partial charge on any atom is 0.222 e. The fourth-order valence-electron chi connectivity index (χ4n) is 1.63. The van der Waals surface area contributed by atoms with Crippen LogP contribution in [-0.2, 0) is 11.3 Å². The Labute approximate surface area is 102 Å². The first-order valence-electron chi connectivity index (χ1n) is 5.90. The van der Waals surface area contributed by atoms with E-state index in [4.69, 9.17) is 10.8 Å². The summed E-state index contributed by atoms with van der Waals surface area (Å²) in [4.78, 5) is 13.5. The topological polar surface area (TPSA) is 66.6 Å². The number of amides is 1. The van der Waals surface area contributed by atoms with Gasteiger partial charge in [0.15, 0.2) is 0 Å². The van der Waals surface area contributed by atoms with Gasteiger partial charge in [0.2, 0.25) is 5.91 Å². The summed E-state index contributed by atoms with van der Waals surface area (Å²) in [5, 5.41) is 8.97. The van der Waals surface area contributed by atoms with E-state index in [0.29, 0.717) is 32.5 Å². The van der Waals surface area contributed by atoms with E-state index in [1.807, 2.05) is 30.3 Å². The average molecular weight is 236 g/mol. The predicted octanol–water partition coefficient (Wildman–Crippen LogP) is 0.746. The fourth-order valence-corrected chi connectivity index (χ4v) is 1.63. The number of rotatable bonds is 7. The Balaban J connectivity index is 2.56. The van der Waals surface area contributed by atoms with E-state index in [1.165, 1.54) is 0 Å². The van der Waals surface area contributed by atoms with Crippen LogP contribution in [0.25, 0.3) is 0 Å². The van der Waals surface area contributed by atoms with Gasteiger partial charge in [-0.3, -0.25) is 4.79 Å². The molecule has 0 saturated heterocycles. The van der Waals surface area contributed by atoms with E-state index < -0.39 is 0 Å². The molecule has 0 atom stereocenters. The van der Waals surface area contributed by atoms with Crippen molar-refractivity contribution >= 4 is 5.91 Å². The summed E-state index contributed by atoms with van der Waals surface area (Å²) in [5.74, 6) is 0.0494. The number of aliphatic hydroxyl groups is 1. The van der Waals surface area contributed by atoms with Gasteiger partial charge in [-0.05, 0) is 18.5 Å². The predicted molar refractivity (Wildman–Crippen MR) is 67.2 cm³/mol. The first-order valence-corrected chi connectivity index (χ1v) is 5.90. The molecule has 0 unspecified atom stereocenters. The van der Waals surface area contributed by atoms with Gasteiger partial charge in [0, 0.05) is 19.5 Å². The molecule has 1 rings (SSSR count). The molecule has 0 aromatic heterocycles. The minimum absolute atomic E-state index is 0.0127. The zero-order chi connectivity index (χ0) is 12.5. The van der Waals surface area contributed by atoms with Crippen molar-refractivity contribution in [1.82, 2.24) is 4.90 Å². The Morgan fingerprint density at radius 1 is 1.29 bits per heavy atom. The Morgan fingerprint density at radius 3 is 2.59 bits per heavy atom. The maximum absolute atomic E-state index is 11.9. The number of hydrogen-bond donors (Lipinski definition) is 2. The van der Waals surface area contributed by atoms with Crippen LogP contribution in [0.3, 0.4) is 0 Å². The van der Waals surface area contributed by atoms with Crippen molar-refractivity contribution in [3.63, 3.8) is 0 Å². The smallest absolute Gasteiger partial charge is 0.222 e. The third-order valence-electron chi connectivity index (χ3n) is 2.53. The lowest BCUT2D eigenvalue weighted by atomic mass is 10.2. The lowest BCUT2D eigenvalue weighted by molar-refractivity contribution is -0.132. The molecule has 1 aromatic carbocycles. The molecule has 0 aliphatic rings. The zero-order valence-corrected chi connectivity index (χ0v) is 10.0. The summed E-state index contributed by atoms with van der Waals surface area (Å²) in [5.41, 5.74) is 6.45. The number of hydrogen-bond acceptors (Lipinski definition) is 3. The summed E-state index contributed by atoms with van der Waals surface area (Å²) >= 11 is 0. The Morgan fingerprint density at radius 2 is 2.00 bits per heavy atom. The van der Waals surface area contributed by atoms with Crippen molar-refractivity contribution in [2.45, 2.75) is 19.4 Å². The summed E-state index contributed by atoms with van der Waals surface area (Å²) in [6.07, 6.45) is 1.14. The van der Waals surface area contributed by atoms with E-state index in [2.05, 4.69) is 0 Å². The van der Waals surface area contributed by atoms with Gasteiger partial charge in [-0.1, -0.05) is 30.3 Å². The molecule has 3 N–H and O–H groups in total. The SMILES string of the molecule is NCCCC(=O)N(CCO)Cc1ccccc1. The second-order valence-corrected chi connectivity index (χ2v) is 3.92. The van der Waals surface area contributed by atoms with Gasteiger partial charge in [-0.2, -0.15) is 0 Å². The Kier molecular flexibility index (Phi) is 6.29. The van der Waals surface area contributed by atoms with Crippen molar-refractivity contribution in [3.05, 3.63) is 35.9 Å². The number of nitrogens with zero attached hydrogens (tertiary/aromatic N) is 1. The lowest BCUT2D eigenvalue weighted by Crippen LogP contribution is -2.33. The number of benzene rings is 1. The summed E-state index contributed by atoms with van der Waals surface area (Å²) < 4.78 is 0. The number of aliphatic hydroxyl groups excluding tert-OH is 1. The van der Waals surface area contributed by atoms with Crippen molar-refractivity contribution in [2.75, 3.05) is 19.7 Å². The molecule has 1 amide bonds. The van der Waals surface area contributed by atoms with Crippen molar-refractivity contribution in [3.8, 4) is 0 Å². The van der Waals surface area contributed by atoms with E-state index in [1.54, 1.807) is 4.90 Å². The molecule has 17 heavy (non-hydrogen) atoms. The third kappa shape index (κ3) is 4.97. The second kappa shape index (κ2) is 7.81. The highest BCUT2D eigenvalue weighted by atomic mass is 16.3. The van der Waals surface area contributed by atoms with Crippen LogP contribution in [0, 0.1) is 0 Å².